The van der Waals surface area contributed by atoms with Gasteiger partial charge in [-0.05, 0) is 30.9 Å². The van der Waals surface area contributed by atoms with Crippen molar-refractivity contribution < 1.29 is 9.13 Å². The van der Waals surface area contributed by atoms with E-state index in [1.54, 1.807) is 0 Å². The fraction of sp³-hybridized carbons (Fsp3) is 0.625. The zero-order chi connectivity index (χ0) is 15.5. The maximum Gasteiger partial charge on any atom is 0.129 e. The molecule has 1 N–H and O–H groups in total. The van der Waals surface area contributed by atoms with Crippen molar-refractivity contribution in [3.05, 3.63) is 33.6 Å². The lowest BCUT2D eigenvalue weighted by Crippen LogP contribution is -2.47. The average Bonchev–Trinajstić information content (AvgIpc) is 2.57. The first-order chi connectivity index (χ1) is 10.7. The number of ether oxygens (including phenoxy) is 1. The Morgan fingerprint density at radius 3 is 2.55 bits per heavy atom. The lowest BCUT2D eigenvalue weighted by molar-refractivity contribution is 0.0203. The number of piperazine rings is 1. The first kappa shape index (κ1) is 16.5. The molecule has 0 aromatic heterocycles. The number of rotatable bonds is 3. The first-order valence-corrected chi connectivity index (χ1v) is 8.60. The molecule has 0 spiro atoms. The highest BCUT2D eigenvalue weighted by molar-refractivity contribution is 6.42. The van der Waals surface area contributed by atoms with Crippen molar-refractivity contribution in [1.29, 1.82) is 0 Å². The lowest BCUT2D eigenvalue weighted by atomic mass is 9.85. The predicted octanol–water partition coefficient (Wildman–Crippen LogP) is 3.51. The first-order valence-electron chi connectivity index (χ1n) is 7.84. The Kier molecular flexibility index (Phi) is 5.58. The third-order valence-electron chi connectivity index (χ3n) is 4.63. The summed E-state index contributed by atoms with van der Waals surface area (Å²) in [6, 6.07) is 2.93. The highest BCUT2D eigenvalue weighted by Gasteiger charge is 2.34. The van der Waals surface area contributed by atoms with Crippen molar-refractivity contribution in [3.63, 3.8) is 0 Å². The van der Waals surface area contributed by atoms with Gasteiger partial charge in [0.15, 0.2) is 0 Å². The largest absolute Gasteiger partial charge is 0.381 e. The van der Waals surface area contributed by atoms with Crippen molar-refractivity contribution in [1.82, 2.24) is 10.2 Å². The molecule has 122 valence electrons. The van der Waals surface area contributed by atoms with E-state index in [0.29, 0.717) is 21.5 Å². The van der Waals surface area contributed by atoms with Crippen LogP contribution in [0.3, 0.4) is 0 Å². The van der Waals surface area contributed by atoms with E-state index >= 15 is 0 Å². The Bertz CT molecular complexity index is 499. The number of nitrogens with zero attached hydrogens (tertiary/aromatic N) is 1. The standard InChI is InChI=1S/C16H21Cl2FN2O/c17-12-1-2-13(19)14(15(12)18)16(11-3-9-22-10-4-11)21-7-5-20-6-8-21/h1-2,11,16,20H,3-10H2/t16-/m0/s1. The molecule has 6 heteroatoms. The monoisotopic (exact) mass is 346 g/mol. The lowest BCUT2D eigenvalue weighted by Gasteiger charge is -2.41. The zero-order valence-corrected chi connectivity index (χ0v) is 14.0. The third kappa shape index (κ3) is 3.41. The van der Waals surface area contributed by atoms with E-state index < -0.39 is 0 Å². The Labute approximate surface area is 140 Å². The van der Waals surface area contributed by atoms with E-state index in [0.717, 1.165) is 52.2 Å². The van der Waals surface area contributed by atoms with Crippen molar-refractivity contribution in [2.75, 3.05) is 39.4 Å². The molecule has 1 aromatic rings. The van der Waals surface area contributed by atoms with Crippen molar-refractivity contribution >= 4 is 23.2 Å². The minimum Gasteiger partial charge on any atom is -0.381 e. The number of hydrogen-bond donors (Lipinski definition) is 1. The van der Waals surface area contributed by atoms with Crippen LogP contribution in [0.5, 0.6) is 0 Å². The molecule has 0 bridgehead atoms. The molecule has 0 unspecified atom stereocenters. The number of hydrogen-bond acceptors (Lipinski definition) is 3. The quantitative estimate of drug-likeness (QED) is 0.847. The van der Waals surface area contributed by atoms with Crippen LogP contribution in [0.2, 0.25) is 10.0 Å². The smallest absolute Gasteiger partial charge is 0.129 e. The van der Waals surface area contributed by atoms with E-state index in [2.05, 4.69) is 10.2 Å². The summed E-state index contributed by atoms with van der Waals surface area (Å²) in [7, 11) is 0. The van der Waals surface area contributed by atoms with Gasteiger partial charge in [-0.2, -0.15) is 0 Å². The molecule has 2 heterocycles. The minimum atomic E-state index is -0.260. The van der Waals surface area contributed by atoms with Gasteiger partial charge in [0.25, 0.3) is 0 Å². The number of benzene rings is 1. The van der Waals surface area contributed by atoms with E-state index in [4.69, 9.17) is 27.9 Å². The van der Waals surface area contributed by atoms with Gasteiger partial charge >= 0.3 is 0 Å². The minimum absolute atomic E-state index is 0.0304. The highest BCUT2D eigenvalue weighted by atomic mass is 35.5. The van der Waals surface area contributed by atoms with Gasteiger partial charge in [-0.15, -0.1) is 0 Å². The van der Waals surface area contributed by atoms with Gasteiger partial charge in [-0.3, -0.25) is 4.90 Å². The molecule has 0 aliphatic carbocycles. The summed E-state index contributed by atoms with van der Waals surface area (Å²) >= 11 is 12.5. The second-order valence-electron chi connectivity index (χ2n) is 5.94. The topological polar surface area (TPSA) is 24.5 Å². The van der Waals surface area contributed by atoms with Crippen LogP contribution in [0, 0.1) is 11.7 Å². The molecule has 0 radical (unpaired) electrons. The van der Waals surface area contributed by atoms with E-state index in [-0.39, 0.29) is 11.9 Å². The summed E-state index contributed by atoms with van der Waals surface area (Å²) in [5.74, 6) is 0.0849. The second kappa shape index (κ2) is 7.45. The Morgan fingerprint density at radius 1 is 1.18 bits per heavy atom. The van der Waals surface area contributed by atoms with E-state index in [1.807, 2.05) is 0 Å². The Morgan fingerprint density at radius 2 is 1.86 bits per heavy atom. The van der Waals surface area contributed by atoms with E-state index in [1.165, 1.54) is 12.1 Å². The third-order valence-corrected chi connectivity index (χ3v) is 5.45. The van der Waals surface area contributed by atoms with Gasteiger partial charge in [-0.1, -0.05) is 23.2 Å². The van der Waals surface area contributed by atoms with Crippen LogP contribution in [-0.2, 0) is 4.74 Å². The van der Waals surface area contributed by atoms with Gasteiger partial charge in [0.05, 0.1) is 10.0 Å². The molecule has 2 fully saturated rings. The maximum absolute atomic E-state index is 14.6. The molecule has 0 saturated carbocycles. The summed E-state index contributed by atoms with van der Waals surface area (Å²) in [6.45, 7) is 5.08. The van der Waals surface area contributed by atoms with Crippen molar-refractivity contribution in [2.45, 2.75) is 18.9 Å². The zero-order valence-electron chi connectivity index (χ0n) is 12.5. The van der Waals surface area contributed by atoms with Gasteiger partial charge in [0, 0.05) is 51.0 Å². The second-order valence-corrected chi connectivity index (χ2v) is 6.72. The summed E-state index contributed by atoms with van der Waals surface area (Å²) in [5, 5.41) is 4.13. The molecular formula is C16H21Cl2FN2O. The Hall–Kier alpha value is -0.390. The maximum atomic E-state index is 14.6. The van der Waals surface area contributed by atoms with Crippen molar-refractivity contribution in [2.24, 2.45) is 5.92 Å². The summed E-state index contributed by atoms with van der Waals surface area (Å²) in [4.78, 5) is 2.34. The van der Waals surface area contributed by atoms with E-state index in [9.17, 15) is 4.39 Å². The van der Waals surface area contributed by atoms with Crippen LogP contribution in [-0.4, -0.2) is 44.3 Å². The van der Waals surface area contributed by atoms with Crippen LogP contribution in [0.15, 0.2) is 12.1 Å². The van der Waals surface area contributed by atoms with Gasteiger partial charge < -0.3 is 10.1 Å². The molecule has 2 aliphatic heterocycles. The summed E-state index contributed by atoms with van der Waals surface area (Å²) in [6.07, 6.45) is 1.85. The highest BCUT2D eigenvalue weighted by Crippen LogP contribution is 2.41. The number of nitrogens with one attached hydrogen (secondary N) is 1. The fourth-order valence-corrected chi connectivity index (χ4v) is 3.95. The fourth-order valence-electron chi connectivity index (χ4n) is 3.52. The summed E-state index contributed by atoms with van der Waals surface area (Å²) < 4.78 is 20.0. The molecular weight excluding hydrogens is 326 g/mol. The number of halogens is 3. The molecule has 3 rings (SSSR count). The SMILES string of the molecule is Fc1ccc(Cl)c(Cl)c1[C@H](C1CCOCC1)N1CCNCC1. The predicted molar refractivity (Wildman–Crippen MR) is 87.1 cm³/mol. The average molecular weight is 347 g/mol. The molecule has 2 saturated heterocycles. The van der Waals surface area contributed by atoms with Crippen LogP contribution < -0.4 is 5.32 Å². The molecule has 22 heavy (non-hydrogen) atoms. The van der Waals surface area contributed by atoms with Crippen LogP contribution in [0.25, 0.3) is 0 Å². The van der Waals surface area contributed by atoms with Gasteiger partial charge in [0.2, 0.25) is 0 Å². The van der Waals surface area contributed by atoms with Gasteiger partial charge in [-0.25, -0.2) is 4.39 Å². The van der Waals surface area contributed by atoms with Crippen LogP contribution >= 0.6 is 23.2 Å². The van der Waals surface area contributed by atoms with Crippen LogP contribution in [0.4, 0.5) is 4.39 Å². The molecule has 0 amide bonds. The molecule has 2 aliphatic rings. The summed E-state index contributed by atoms with van der Waals surface area (Å²) in [5.41, 5.74) is 0.558. The molecule has 3 nitrogen and oxygen atoms in total. The Balaban J connectivity index is 1.98. The van der Waals surface area contributed by atoms with Crippen molar-refractivity contribution in [3.8, 4) is 0 Å². The molecule has 1 aromatic carbocycles. The van der Waals surface area contributed by atoms with Crippen LogP contribution in [0.1, 0.15) is 24.4 Å². The molecule has 1 atom stereocenters. The normalized spacial score (nSPS) is 22.7. The van der Waals surface area contributed by atoms with Gasteiger partial charge in [0.1, 0.15) is 5.82 Å².